The summed E-state index contributed by atoms with van der Waals surface area (Å²) in [6.07, 6.45) is 3.20. The number of rotatable bonds is 6. The van der Waals surface area contributed by atoms with Gasteiger partial charge in [-0.3, -0.25) is 14.9 Å². The van der Waals surface area contributed by atoms with Crippen molar-refractivity contribution in [3.05, 3.63) is 46.0 Å². The fraction of sp³-hybridized carbons (Fsp3) is 0.286. The van der Waals surface area contributed by atoms with Gasteiger partial charge in [0.15, 0.2) is 5.78 Å². The van der Waals surface area contributed by atoms with E-state index >= 15 is 0 Å². The second-order valence-corrected chi connectivity index (χ2v) is 6.10. The summed E-state index contributed by atoms with van der Waals surface area (Å²) in [5, 5.41) is 10.8. The fourth-order valence-electron chi connectivity index (χ4n) is 1.43. The number of allylic oxidation sites excluding steroid dienone is 1. The maximum Gasteiger partial charge on any atom is 0.276 e. The summed E-state index contributed by atoms with van der Waals surface area (Å²) >= 11 is 6.54. The van der Waals surface area contributed by atoms with Crippen LogP contribution in [-0.2, 0) is 4.79 Å². The maximum atomic E-state index is 11.7. The summed E-state index contributed by atoms with van der Waals surface area (Å²) in [7, 11) is 3.71. The van der Waals surface area contributed by atoms with Gasteiger partial charge in [0.25, 0.3) is 5.69 Å². The summed E-state index contributed by atoms with van der Waals surface area (Å²) in [4.78, 5) is 23.9. The van der Waals surface area contributed by atoms with Crippen LogP contribution in [0.3, 0.4) is 0 Å². The molecule has 0 atom stereocenters. The highest BCUT2D eigenvalue weighted by Crippen LogP contribution is 2.19. The average molecular weight is 324 g/mol. The highest BCUT2D eigenvalue weighted by molar-refractivity contribution is 8.22. The van der Waals surface area contributed by atoms with Gasteiger partial charge in [-0.25, -0.2) is 0 Å². The van der Waals surface area contributed by atoms with E-state index in [4.69, 9.17) is 12.2 Å². The molecule has 112 valence electrons. The number of thiocarbonyl (C=S) groups is 1. The minimum atomic E-state index is -0.463. The van der Waals surface area contributed by atoms with Crippen LogP contribution >= 0.6 is 24.0 Å². The van der Waals surface area contributed by atoms with Crippen molar-refractivity contribution in [1.29, 1.82) is 0 Å². The molecule has 5 nitrogen and oxygen atoms in total. The molecule has 7 heteroatoms. The molecule has 1 aromatic rings. The van der Waals surface area contributed by atoms with Gasteiger partial charge < -0.3 is 4.90 Å². The van der Waals surface area contributed by atoms with Crippen molar-refractivity contribution in [2.24, 2.45) is 0 Å². The van der Waals surface area contributed by atoms with E-state index in [1.807, 2.05) is 19.0 Å². The zero-order valence-corrected chi connectivity index (χ0v) is 13.4. The SMILES string of the molecule is CN(C)C(=S)SCCC(=O)C=Cc1ccccc1[N+](=O)[O-]. The van der Waals surface area contributed by atoms with Crippen LogP contribution in [0.25, 0.3) is 6.08 Å². The van der Waals surface area contributed by atoms with Crippen molar-refractivity contribution in [2.45, 2.75) is 6.42 Å². The quantitative estimate of drug-likeness (QED) is 0.347. The van der Waals surface area contributed by atoms with Crippen LogP contribution in [0.2, 0.25) is 0 Å². The Morgan fingerprint density at radius 1 is 1.43 bits per heavy atom. The van der Waals surface area contributed by atoms with E-state index in [-0.39, 0.29) is 11.5 Å². The molecule has 0 bridgehead atoms. The molecule has 21 heavy (non-hydrogen) atoms. The third-order valence-corrected chi connectivity index (χ3v) is 4.26. The monoisotopic (exact) mass is 324 g/mol. The van der Waals surface area contributed by atoms with Crippen molar-refractivity contribution in [1.82, 2.24) is 4.90 Å². The van der Waals surface area contributed by atoms with Gasteiger partial charge in [-0.1, -0.05) is 36.1 Å². The number of nitro groups is 1. The molecule has 0 amide bonds. The van der Waals surface area contributed by atoms with Gasteiger partial charge in [-0.05, 0) is 18.2 Å². The van der Waals surface area contributed by atoms with Crippen LogP contribution in [0, 0.1) is 10.1 Å². The molecule has 0 aromatic heterocycles. The van der Waals surface area contributed by atoms with Crippen LogP contribution in [0.4, 0.5) is 5.69 Å². The Hall–Kier alpha value is -1.73. The van der Waals surface area contributed by atoms with Gasteiger partial charge >= 0.3 is 0 Å². The summed E-state index contributed by atoms with van der Waals surface area (Å²) in [6.45, 7) is 0. The third-order valence-electron chi connectivity index (χ3n) is 2.52. The topological polar surface area (TPSA) is 63.5 Å². The second-order valence-electron chi connectivity index (χ2n) is 4.37. The lowest BCUT2D eigenvalue weighted by atomic mass is 10.1. The molecule has 0 radical (unpaired) electrons. The summed E-state index contributed by atoms with van der Waals surface area (Å²) < 4.78 is 0.727. The van der Waals surface area contributed by atoms with Gasteiger partial charge in [0.05, 0.1) is 10.5 Å². The van der Waals surface area contributed by atoms with E-state index in [1.165, 1.54) is 30.0 Å². The van der Waals surface area contributed by atoms with Crippen molar-refractivity contribution in [3.8, 4) is 0 Å². The lowest BCUT2D eigenvalue weighted by Gasteiger charge is -2.11. The molecule has 0 spiro atoms. The first-order chi connectivity index (χ1) is 9.91. The van der Waals surface area contributed by atoms with Crippen molar-refractivity contribution in [3.63, 3.8) is 0 Å². The second kappa shape index (κ2) is 8.53. The molecule has 0 saturated carbocycles. The van der Waals surface area contributed by atoms with E-state index < -0.39 is 4.92 Å². The molecule has 0 unspecified atom stereocenters. The molecule has 0 aliphatic rings. The predicted molar refractivity (Wildman–Crippen MR) is 90.5 cm³/mol. The number of carbonyl (C=O) groups is 1. The molecule has 0 fully saturated rings. The number of nitro benzene ring substituents is 1. The summed E-state index contributed by atoms with van der Waals surface area (Å²) in [5.74, 6) is 0.513. The van der Waals surface area contributed by atoms with Gasteiger partial charge in [0.1, 0.15) is 4.32 Å². The number of para-hydroxylation sites is 1. The molecule has 1 rings (SSSR count). The highest BCUT2D eigenvalue weighted by Gasteiger charge is 2.09. The van der Waals surface area contributed by atoms with E-state index in [1.54, 1.807) is 18.2 Å². The van der Waals surface area contributed by atoms with Gasteiger partial charge in [-0.2, -0.15) is 0 Å². The average Bonchev–Trinajstić information content (AvgIpc) is 2.45. The minimum absolute atomic E-state index is 0.00953. The van der Waals surface area contributed by atoms with Crippen molar-refractivity contribution >= 4 is 45.8 Å². The van der Waals surface area contributed by atoms with Gasteiger partial charge in [-0.15, -0.1) is 0 Å². The van der Waals surface area contributed by atoms with Crippen molar-refractivity contribution in [2.75, 3.05) is 19.8 Å². The van der Waals surface area contributed by atoms with E-state index in [9.17, 15) is 14.9 Å². The summed E-state index contributed by atoms with van der Waals surface area (Å²) in [6, 6.07) is 6.31. The number of nitrogens with zero attached hydrogens (tertiary/aromatic N) is 2. The number of hydrogen-bond donors (Lipinski definition) is 0. The molecule has 0 saturated heterocycles. The Labute approximate surface area is 133 Å². The number of thioether (sulfide) groups is 1. The van der Waals surface area contributed by atoms with Crippen molar-refractivity contribution < 1.29 is 9.72 Å². The zero-order chi connectivity index (χ0) is 15.8. The van der Waals surface area contributed by atoms with E-state index in [2.05, 4.69) is 0 Å². The van der Waals surface area contributed by atoms with Crippen LogP contribution in [0.15, 0.2) is 30.3 Å². The number of hydrogen-bond acceptors (Lipinski definition) is 5. The minimum Gasteiger partial charge on any atom is -0.364 e. The lowest BCUT2D eigenvalue weighted by molar-refractivity contribution is -0.385. The van der Waals surface area contributed by atoms with E-state index in [0.717, 1.165) is 4.32 Å². The molecule has 1 aromatic carbocycles. The Balaban J connectivity index is 2.55. The first kappa shape index (κ1) is 17.3. The summed E-state index contributed by atoms with van der Waals surface area (Å²) in [5.41, 5.74) is 0.414. The highest BCUT2D eigenvalue weighted by atomic mass is 32.2. The Kier molecular flexibility index (Phi) is 7.04. The molecule has 0 aliphatic carbocycles. The normalized spacial score (nSPS) is 10.6. The number of benzene rings is 1. The Bertz CT molecular complexity index is 571. The standard InChI is InChI=1S/C14H16N2O3S2/c1-15(2)14(20)21-10-9-12(17)8-7-11-5-3-4-6-13(11)16(18)19/h3-8H,9-10H2,1-2H3. The Morgan fingerprint density at radius 2 is 2.10 bits per heavy atom. The van der Waals surface area contributed by atoms with Crippen LogP contribution < -0.4 is 0 Å². The van der Waals surface area contributed by atoms with Crippen LogP contribution in [-0.4, -0.2) is 39.8 Å². The van der Waals surface area contributed by atoms with Crippen LogP contribution in [0.1, 0.15) is 12.0 Å². The largest absolute Gasteiger partial charge is 0.364 e. The molecular weight excluding hydrogens is 308 g/mol. The van der Waals surface area contributed by atoms with Crippen LogP contribution in [0.5, 0.6) is 0 Å². The first-order valence-electron chi connectivity index (χ1n) is 6.20. The van der Waals surface area contributed by atoms with Gasteiger partial charge in [0, 0.05) is 32.3 Å². The molecule has 0 N–H and O–H groups in total. The predicted octanol–water partition coefficient (Wildman–Crippen LogP) is 3.15. The van der Waals surface area contributed by atoms with E-state index in [0.29, 0.717) is 17.7 Å². The third kappa shape index (κ3) is 6.05. The maximum absolute atomic E-state index is 11.7. The molecule has 0 heterocycles. The molecular formula is C14H16N2O3S2. The smallest absolute Gasteiger partial charge is 0.276 e. The zero-order valence-electron chi connectivity index (χ0n) is 11.8. The lowest BCUT2D eigenvalue weighted by Crippen LogP contribution is -2.16. The molecule has 0 aliphatic heterocycles. The number of carbonyl (C=O) groups excluding carboxylic acids is 1. The van der Waals surface area contributed by atoms with Gasteiger partial charge in [0.2, 0.25) is 0 Å². The Morgan fingerprint density at radius 3 is 2.71 bits per heavy atom. The number of ketones is 1. The fourth-order valence-corrected chi connectivity index (χ4v) is 2.41. The first-order valence-corrected chi connectivity index (χ1v) is 7.59.